The number of anilines is 2. The van der Waals surface area contributed by atoms with E-state index in [1.54, 1.807) is 0 Å². The molecule has 2 nitrogen and oxygen atoms in total. The molecule has 0 radical (unpaired) electrons. The van der Waals surface area contributed by atoms with Gasteiger partial charge in [0.15, 0.2) is 0 Å². The van der Waals surface area contributed by atoms with E-state index >= 15 is 0 Å². The van der Waals surface area contributed by atoms with Crippen LogP contribution in [0.4, 0.5) is 11.4 Å². The molecule has 0 aliphatic heterocycles. The second-order valence-electron chi connectivity index (χ2n) is 5.73. The van der Waals surface area contributed by atoms with Crippen LogP contribution in [0.2, 0.25) is 0 Å². The van der Waals surface area contributed by atoms with Crippen LogP contribution in [0.1, 0.15) is 11.1 Å². The molecule has 0 aromatic heterocycles. The van der Waals surface area contributed by atoms with E-state index in [-0.39, 0.29) is 0 Å². The summed E-state index contributed by atoms with van der Waals surface area (Å²) in [5.41, 5.74) is 20.5. The lowest BCUT2D eigenvalue weighted by Crippen LogP contribution is -1.91. The van der Waals surface area contributed by atoms with E-state index < -0.39 is 0 Å². The Labute approximate surface area is 131 Å². The minimum atomic E-state index is 0.789. The molecule has 0 saturated carbocycles. The highest BCUT2D eigenvalue weighted by molar-refractivity contribution is 5.77. The summed E-state index contributed by atoms with van der Waals surface area (Å²) in [5.74, 6) is 0. The maximum Gasteiger partial charge on any atom is 0.0314 e. The molecular formula is C20H20N2. The number of benzene rings is 3. The fraction of sp³-hybridized carbons (Fsp3) is 0.100. The summed E-state index contributed by atoms with van der Waals surface area (Å²) in [5, 5.41) is 0. The van der Waals surface area contributed by atoms with Crippen molar-refractivity contribution in [2.75, 3.05) is 11.5 Å². The first-order valence-electron chi connectivity index (χ1n) is 7.37. The van der Waals surface area contributed by atoms with Gasteiger partial charge in [0.2, 0.25) is 0 Å². The Morgan fingerprint density at radius 1 is 0.545 bits per heavy atom. The number of rotatable bonds is 2. The van der Waals surface area contributed by atoms with Crippen molar-refractivity contribution in [3.05, 3.63) is 71.8 Å². The molecule has 3 rings (SSSR count). The summed E-state index contributed by atoms with van der Waals surface area (Å²) in [6.45, 7) is 4.29. The van der Waals surface area contributed by atoms with Crippen molar-refractivity contribution in [3.63, 3.8) is 0 Å². The van der Waals surface area contributed by atoms with Gasteiger partial charge < -0.3 is 11.5 Å². The predicted molar refractivity (Wildman–Crippen MR) is 95.6 cm³/mol. The van der Waals surface area contributed by atoms with Crippen molar-refractivity contribution in [2.45, 2.75) is 13.8 Å². The lowest BCUT2D eigenvalue weighted by Gasteiger charge is -2.13. The topological polar surface area (TPSA) is 52.0 Å². The first-order chi connectivity index (χ1) is 10.5. The molecule has 0 bridgehead atoms. The maximum atomic E-state index is 5.77. The molecule has 0 amide bonds. The smallest absolute Gasteiger partial charge is 0.0314 e. The summed E-state index contributed by atoms with van der Waals surface area (Å²) >= 11 is 0. The second kappa shape index (κ2) is 5.57. The van der Waals surface area contributed by atoms with Gasteiger partial charge in [-0.15, -0.1) is 0 Å². The van der Waals surface area contributed by atoms with Crippen LogP contribution < -0.4 is 11.5 Å². The van der Waals surface area contributed by atoms with Crippen LogP contribution in [0, 0.1) is 13.8 Å². The normalized spacial score (nSPS) is 10.6. The Morgan fingerprint density at radius 3 is 1.18 bits per heavy atom. The summed E-state index contributed by atoms with van der Waals surface area (Å²) in [7, 11) is 0. The average molecular weight is 288 g/mol. The van der Waals surface area contributed by atoms with Crippen molar-refractivity contribution in [3.8, 4) is 22.3 Å². The number of hydrogen-bond donors (Lipinski definition) is 2. The Hall–Kier alpha value is -2.74. The number of nitrogen functional groups attached to an aromatic ring is 2. The van der Waals surface area contributed by atoms with Crippen LogP contribution in [0.3, 0.4) is 0 Å². The fourth-order valence-electron chi connectivity index (χ4n) is 2.76. The third kappa shape index (κ3) is 2.68. The summed E-state index contributed by atoms with van der Waals surface area (Å²) in [6.07, 6.45) is 0. The standard InChI is InChI=1S/C20H20N2/c1-13-11-20(16-5-9-18(22)10-6-16)14(2)12-19(13)15-3-7-17(21)8-4-15/h3-12H,21-22H2,1-2H3. The maximum absolute atomic E-state index is 5.77. The molecule has 0 fully saturated rings. The molecule has 2 heteroatoms. The highest BCUT2D eigenvalue weighted by Crippen LogP contribution is 2.32. The van der Waals surface area contributed by atoms with Gasteiger partial charge in [-0.25, -0.2) is 0 Å². The molecule has 0 unspecified atom stereocenters. The van der Waals surface area contributed by atoms with Gasteiger partial charge in [-0.05, 0) is 71.5 Å². The molecule has 22 heavy (non-hydrogen) atoms. The quantitative estimate of drug-likeness (QED) is 0.665. The largest absolute Gasteiger partial charge is 0.399 e. The number of nitrogens with two attached hydrogens (primary N) is 2. The Balaban J connectivity index is 2.08. The molecule has 0 aliphatic rings. The third-order valence-corrected chi connectivity index (χ3v) is 4.01. The summed E-state index contributed by atoms with van der Waals surface area (Å²) < 4.78 is 0. The first kappa shape index (κ1) is 14.2. The molecule has 0 saturated heterocycles. The van der Waals surface area contributed by atoms with Crippen LogP contribution in [-0.4, -0.2) is 0 Å². The SMILES string of the molecule is Cc1cc(-c2ccc(N)cc2)c(C)cc1-c1ccc(N)cc1. The van der Waals surface area contributed by atoms with Gasteiger partial charge >= 0.3 is 0 Å². The van der Waals surface area contributed by atoms with E-state index in [1.165, 1.54) is 33.4 Å². The van der Waals surface area contributed by atoms with Crippen molar-refractivity contribution >= 4 is 11.4 Å². The highest BCUT2D eigenvalue weighted by Gasteiger charge is 2.08. The van der Waals surface area contributed by atoms with E-state index in [0.717, 1.165) is 11.4 Å². The molecule has 4 N–H and O–H groups in total. The zero-order chi connectivity index (χ0) is 15.7. The lowest BCUT2D eigenvalue weighted by atomic mass is 9.92. The first-order valence-corrected chi connectivity index (χ1v) is 7.37. The van der Waals surface area contributed by atoms with Crippen LogP contribution in [0.25, 0.3) is 22.3 Å². The van der Waals surface area contributed by atoms with Gasteiger partial charge in [-0.1, -0.05) is 36.4 Å². The van der Waals surface area contributed by atoms with E-state index in [4.69, 9.17) is 11.5 Å². The van der Waals surface area contributed by atoms with E-state index in [1.807, 2.05) is 24.3 Å². The number of hydrogen-bond acceptors (Lipinski definition) is 2. The summed E-state index contributed by atoms with van der Waals surface area (Å²) in [6, 6.07) is 20.5. The molecule has 3 aromatic rings. The molecule has 0 atom stereocenters. The van der Waals surface area contributed by atoms with Gasteiger partial charge in [-0.2, -0.15) is 0 Å². The Morgan fingerprint density at radius 2 is 0.864 bits per heavy atom. The lowest BCUT2D eigenvalue weighted by molar-refractivity contribution is 1.39. The zero-order valence-electron chi connectivity index (χ0n) is 12.9. The van der Waals surface area contributed by atoms with Crippen molar-refractivity contribution in [1.82, 2.24) is 0 Å². The monoisotopic (exact) mass is 288 g/mol. The molecule has 3 aromatic carbocycles. The van der Waals surface area contributed by atoms with Crippen molar-refractivity contribution in [2.24, 2.45) is 0 Å². The van der Waals surface area contributed by atoms with Crippen LogP contribution in [0.15, 0.2) is 60.7 Å². The molecular weight excluding hydrogens is 268 g/mol. The Bertz CT molecular complexity index is 729. The minimum Gasteiger partial charge on any atom is -0.399 e. The minimum absolute atomic E-state index is 0.789. The molecule has 0 spiro atoms. The number of aryl methyl sites for hydroxylation is 2. The van der Waals surface area contributed by atoms with E-state index in [2.05, 4.69) is 50.2 Å². The van der Waals surface area contributed by atoms with Gasteiger partial charge in [0, 0.05) is 11.4 Å². The molecule has 110 valence electrons. The highest BCUT2D eigenvalue weighted by atomic mass is 14.5. The summed E-state index contributed by atoms with van der Waals surface area (Å²) in [4.78, 5) is 0. The average Bonchev–Trinajstić information content (AvgIpc) is 2.51. The van der Waals surface area contributed by atoms with Crippen molar-refractivity contribution < 1.29 is 0 Å². The molecule has 0 aliphatic carbocycles. The zero-order valence-corrected chi connectivity index (χ0v) is 12.9. The predicted octanol–water partition coefficient (Wildman–Crippen LogP) is 4.80. The Kier molecular flexibility index (Phi) is 3.60. The van der Waals surface area contributed by atoms with Gasteiger partial charge in [0.05, 0.1) is 0 Å². The fourth-order valence-corrected chi connectivity index (χ4v) is 2.76. The third-order valence-electron chi connectivity index (χ3n) is 4.01. The van der Waals surface area contributed by atoms with Crippen molar-refractivity contribution in [1.29, 1.82) is 0 Å². The van der Waals surface area contributed by atoms with Crippen LogP contribution in [-0.2, 0) is 0 Å². The van der Waals surface area contributed by atoms with E-state index in [9.17, 15) is 0 Å². The molecule has 0 heterocycles. The van der Waals surface area contributed by atoms with E-state index in [0.29, 0.717) is 0 Å². The van der Waals surface area contributed by atoms with Crippen LogP contribution in [0.5, 0.6) is 0 Å². The van der Waals surface area contributed by atoms with Gasteiger partial charge in [-0.3, -0.25) is 0 Å². The van der Waals surface area contributed by atoms with Gasteiger partial charge in [0.25, 0.3) is 0 Å². The van der Waals surface area contributed by atoms with Gasteiger partial charge in [0.1, 0.15) is 0 Å². The van der Waals surface area contributed by atoms with Crippen LogP contribution >= 0.6 is 0 Å². The second-order valence-corrected chi connectivity index (χ2v) is 5.73.